The van der Waals surface area contributed by atoms with Gasteiger partial charge in [0.2, 0.25) is 0 Å². The summed E-state index contributed by atoms with van der Waals surface area (Å²) in [4.78, 5) is 12.6. The fraction of sp³-hybridized carbons (Fsp3) is 0.375. The van der Waals surface area contributed by atoms with Crippen molar-refractivity contribution >= 4 is 11.6 Å². The molecule has 0 bridgehead atoms. The summed E-state index contributed by atoms with van der Waals surface area (Å²) in [5, 5.41) is 9.42. The first-order valence-corrected chi connectivity index (χ1v) is 7.88. The molecule has 1 aliphatic rings. The van der Waals surface area contributed by atoms with E-state index in [9.17, 15) is 18.8 Å². The van der Waals surface area contributed by atoms with E-state index in [1.165, 1.54) is 17.7 Å². The Balaban J connectivity index is 2.24. The van der Waals surface area contributed by atoms with E-state index in [0.29, 0.717) is 6.42 Å². The minimum atomic E-state index is -1.45. The minimum absolute atomic E-state index is 0.0165. The van der Waals surface area contributed by atoms with Gasteiger partial charge in [0.25, 0.3) is 0 Å². The second-order valence-corrected chi connectivity index (χ2v) is 5.92. The van der Waals surface area contributed by atoms with Crippen LogP contribution in [-0.4, -0.2) is 23.0 Å². The molecule has 0 saturated heterocycles. The highest BCUT2D eigenvalue weighted by Crippen LogP contribution is 2.34. The third kappa shape index (κ3) is 2.90. The van der Waals surface area contributed by atoms with Crippen LogP contribution in [0.3, 0.4) is 0 Å². The maximum absolute atomic E-state index is 14.5. The third-order valence-corrected chi connectivity index (χ3v) is 4.29. The van der Waals surface area contributed by atoms with E-state index >= 15 is 0 Å². The summed E-state index contributed by atoms with van der Waals surface area (Å²) >= 11 is 5.92. The van der Waals surface area contributed by atoms with Crippen LogP contribution in [-0.2, 0) is 11.3 Å². The molecular weight excluding hydrogens is 356 g/mol. The molecular formula is C16H14ClF2N3O3. The molecule has 25 heavy (non-hydrogen) atoms. The third-order valence-electron chi connectivity index (χ3n) is 4.00. The average molecular weight is 370 g/mol. The molecule has 9 heteroatoms. The molecule has 132 valence electrons. The highest BCUT2D eigenvalue weighted by Gasteiger charge is 2.31. The summed E-state index contributed by atoms with van der Waals surface area (Å²) < 4.78 is 40.8. The number of alkyl halides is 1. The normalized spacial score (nSPS) is 16.4. The standard InChI is InChI=1S/C16H14ClF2N3O3/c1-24-8-25-14-6-12(11(19)5-9(14)17)22-13(7-20)15-10(18)3-2-4-21(15)16(22)23/h5-6,10H,2-4,8H2,1H3. The van der Waals surface area contributed by atoms with Crippen LogP contribution in [0.1, 0.15) is 30.4 Å². The van der Waals surface area contributed by atoms with E-state index in [1.807, 2.05) is 6.07 Å². The van der Waals surface area contributed by atoms with E-state index in [0.717, 1.165) is 10.6 Å². The zero-order valence-electron chi connectivity index (χ0n) is 13.3. The van der Waals surface area contributed by atoms with E-state index in [2.05, 4.69) is 0 Å². The average Bonchev–Trinajstić information content (AvgIpc) is 2.88. The lowest BCUT2D eigenvalue weighted by Crippen LogP contribution is -2.27. The molecule has 0 spiro atoms. The minimum Gasteiger partial charge on any atom is -0.466 e. The molecule has 2 aromatic rings. The van der Waals surface area contributed by atoms with Crippen LogP contribution >= 0.6 is 11.6 Å². The molecule has 3 rings (SSSR count). The number of nitrogens with zero attached hydrogens (tertiary/aromatic N) is 3. The molecule has 1 aromatic heterocycles. The molecule has 2 heterocycles. The van der Waals surface area contributed by atoms with Crippen molar-refractivity contribution < 1.29 is 18.3 Å². The highest BCUT2D eigenvalue weighted by molar-refractivity contribution is 6.32. The van der Waals surface area contributed by atoms with Gasteiger partial charge in [-0.15, -0.1) is 0 Å². The van der Waals surface area contributed by atoms with Crippen molar-refractivity contribution in [2.75, 3.05) is 13.9 Å². The van der Waals surface area contributed by atoms with E-state index in [1.54, 1.807) is 0 Å². The molecule has 1 aromatic carbocycles. The second kappa shape index (κ2) is 6.86. The topological polar surface area (TPSA) is 69.2 Å². The largest absolute Gasteiger partial charge is 0.466 e. The Morgan fingerprint density at radius 2 is 2.24 bits per heavy atom. The van der Waals surface area contributed by atoms with Crippen molar-refractivity contribution in [3.8, 4) is 17.5 Å². The Kier molecular flexibility index (Phi) is 4.79. The van der Waals surface area contributed by atoms with E-state index in [4.69, 9.17) is 21.1 Å². The number of hydrogen-bond donors (Lipinski definition) is 0. The molecule has 1 unspecified atom stereocenters. The Morgan fingerprint density at radius 1 is 1.48 bits per heavy atom. The quantitative estimate of drug-likeness (QED) is 0.776. The van der Waals surface area contributed by atoms with Gasteiger partial charge in [0.1, 0.15) is 23.8 Å². The molecule has 0 aliphatic carbocycles. The smallest absolute Gasteiger partial charge is 0.334 e. The molecule has 1 atom stereocenters. The van der Waals surface area contributed by atoms with Gasteiger partial charge < -0.3 is 9.47 Å². The fourth-order valence-corrected chi connectivity index (χ4v) is 3.12. The van der Waals surface area contributed by atoms with Crippen LogP contribution in [0.2, 0.25) is 5.02 Å². The Bertz CT molecular complexity index is 917. The monoisotopic (exact) mass is 369 g/mol. The Hall–Kier alpha value is -2.37. The maximum atomic E-state index is 14.5. The summed E-state index contributed by atoms with van der Waals surface area (Å²) in [6.45, 7) is 0.141. The van der Waals surface area contributed by atoms with Crippen LogP contribution < -0.4 is 10.4 Å². The lowest BCUT2D eigenvalue weighted by molar-refractivity contribution is 0.0511. The molecule has 0 amide bonds. The van der Waals surface area contributed by atoms with Crippen molar-refractivity contribution in [1.29, 1.82) is 5.26 Å². The fourth-order valence-electron chi connectivity index (χ4n) is 2.91. The Morgan fingerprint density at radius 3 is 2.92 bits per heavy atom. The van der Waals surface area contributed by atoms with Crippen molar-refractivity contribution in [3.63, 3.8) is 0 Å². The second-order valence-electron chi connectivity index (χ2n) is 5.51. The first kappa shape index (κ1) is 17.5. The van der Waals surface area contributed by atoms with Gasteiger partial charge in [-0.05, 0) is 18.9 Å². The van der Waals surface area contributed by atoms with Crippen LogP contribution in [0.4, 0.5) is 8.78 Å². The zero-order chi connectivity index (χ0) is 18.1. The van der Waals surface area contributed by atoms with E-state index in [-0.39, 0.29) is 47.6 Å². The summed E-state index contributed by atoms with van der Waals surface area (Å²) in [5.41, 5.74) is -1.15. The zero-order valence-corrected chi connectivity index (χ0v) is 14.0. The van der Waals surface area contributed by atoms with Crippen LogP contribution in [0, 0.1) is 17.1 Å². The SMILES string of the molecule is COCOc1cc(-n2c(C#N)c3n(c2=O)CCCC3F)c(F)cc1Cl. The number of benzene rings is 1. The predicted molar refractivity (Wildman–Crippen MR) is 85.3 cm³/mol. The highest BCUT2D eigenvalue weighted by atomic mass is 35.5. The predicted octanol–water partition coefficient (Wildman–Crippen LogP) is 3.09. The number of nitriles is 1. The summed E-state index contributed by atoms with van der Waals surface area (Å²) in [6, 6.07) is 3.98. The number of imidazole rings is 1. The lowest BCUT2D eigenvalue weighted by Gasteiger charge is -2.16. The van der Waals surface area contributed by atoms with Crippen molar-refractivity contribution in [3.05, 3.63) is 44.8 Å². The number of methoxy groups -OCH3 is 1. The van der Waals surface area contributed by atoms with Crippen molar-refractivity contribution in [2.24, 2.45) is 0 Å². The van der Waals surface area contributed by atoms with Gasteiger partial charge in [0.15, 0.2) is 12.5 Å². The number of aromatic nitrogens is 2. The van der Waals surface area contributed by atoms with Gasteiger partial charge in [0, 0.05) is 19.7 Å². The van der Waals surface area contributed by atoms with Crippen molar-refractivity contribution in [1.82, 2.24) is 9.13 Å². The summed E-state index contributed by atoms with van der Waals surface area (Å²) in [5.74, 6) is -0.747. The van der Waals surface area contributed by atoms with Gasteiger partial charge >= 0.3 is 5.69 Å². The number of hydrogen-bond acceptors (Lipinski definition) is 4. The molecule has 0 radical (unpaired) electrons. The van der Waals surface area contributed by atoms with E-state index < -0.39 is 17.7 Å². The van der Waals surface area contributed by atoms with Gasteiger partial charge in [-0.3, -0.25) is 4.57 Å². The van der Waals surface area contributed by atoms with Gasteiger partial charge in [-0.25, -0.2) is 18.1 Å². The first-order valence-electron chi connectivity index (χ1n) is 7.50. The number of ether oxygens (including phenoxy) is 2. The lowest BCUT2D eigenvalue weighted by atomic mass is 10.1. The first-order chi connectivity index (χ1) is 12.0. The molecule has 0 N–H and O–H groups in total. The molecule has 6 nitrogen and oxygen atoms in total. The number of fused-ring (bicyclic) bond motifs is 1. The number of halogens is 3. The van der Waals surface area contributed by atoms with Gasteiger partial charge in [-0.1, -0.05) is 11.6 Å². The van der Waals surface area contributed by atoms with Crippen LogP contribution in [0.5, 0.6) is 5.75 Å². The molecule has 1 aliphatic heterocycles. The van der Waals surface area contributed by atoms with Crippen LogP contribution in [0.15, 0.2) is 16.9 Å². The van der Waals surface area contributed by atoms with Crippen LogP contribution in [0.25, 0.3) is 5.69 Å². The van der Waals surface area contributed by atoms with Crippen molar-refractivity contribution in [2.45, 2.75) is 25.6 Å². The molecule has 0 saturated carbocycles. The maximum Gasteiger partial charge on any atom is 0.334 e. The van der Waals surface area contributed by atoms with Gasteiger partial charge in [0.05, 0.1) is 16.4 Å². The van der Waals surface area contributed by atoms with Gasteiger partial charge in [-0.2, -0.15) is 5.26 Å². The summed E-state index contributed by atoms with van der Waals surface area (Å²) in [7, 11) is 1.40. The Labute approximate surface area is 146 Å². The summed E-state index contributed by atoms with van der Waals surface area (Å²) in [6.07, 6.45) is -0.769. The number of rotatable bonds is 4. The molecule has 0 fully saturated rings.